The number of carboxylic acids is 1. The molecule has 0 atom stereocenters. The van der Waals surface area contributed by atoms with Crippen molar-refractivity contribution in [2.24, 2.45) is 0 Å². The Bertz CT molecular complexity index is 382. The molecule has 1 aromatic heterocycles. The van der Waals surface area contributed by atoms with E-state index in [-0.39, 0.29) is 0 Å². The summed E-state index contributed by atoms with van der Waals surface area (Å²) in [6.07, 6.45) is 0. The molecular weight excluding hydrogens is 208 g/mol. The van der Waals surface area contributed by atoms with Gasteiger partial charge in [0, 0.05) is 38.4 Å². The second-order valence-electron chi connectivity index (χ2n) is 4.00. The van der Waals surface area contributed by atoms with Crippen molar-refractivity contribution >= 4 is 5.97 Å². The first-order valence-corrected chi connectivity index (χ1v) is 5.38. The van der Waals surface area contributed by atoms with Crippen molar-refractivity contribution in [1.82, 2.24) is 20.4 Å². The van der Waals surface area contributed by atoms with Crippen LogP contribution in [0.4, 0.5) is 0 Å². The van der Waals surface area contributed by atoms with Crippen LogP contribution in [-0.2, 0) is 6.54 Å². The summed E-state index contributed by atoms with van der Waals surface area (Å²) in [7, 11) is 0. The maximum atomic E-state index is 11.1. The Morgan fingerprint density at radius 1 is 1.50 bits per heavy atom. The normalized spacial score (nSPS) is 17.6. The number of piperazine rings is 1. The van der Waals surface area contributed by atoms with Crippen LogP contribution in [0.5, 0.6) is 0 Å². The van der Waals surface area contributed by atoms with Crippen LogP contribution < -0.4 is 5.32 Å². The van der Waals surface area contributed by atoms with Gasteiger partial charge in [-0.2, -0.15) is 5.10 Å². The molecule has 1 aliphatic rings. The highest BCUT2D eigenvalue weighted by Gasteiger charge is 2.20. The number of H-pyrrole nitrogens is 1. The molecule has 0 bridgehead atoms. The predicted octanol–water partition coefficient (Wildman–Crippen LogP) is -0.178. The molecule has 1 aliphatic heterocycles. The van der Waals surface area contributed by atoms with Gasteiger partial charge in [0.2, 0.25) is 0 Å². The summed E-state index contributed by atoms with van der Waals surface area (Å²) in [4.78, 5) is 13.3. The Kier molecular flexibility index (Phi) is 3.21. The van der Waals surface area contributed by atoms with E-state index < -0.39 is 5.97 Å². The first-order valence-electron chi connectivity index (χ1n) is 5.38. The lowest BCUT2D eigenvalue weighted by molar-refractivity contribution is 0.0693. The van der Waals surface area contributed by atoms with Crippen LogP contribution in [0.1, 0.15) is 21.7 Å². The standard InChI is InChI=1S/C10H16N4O2/c1-7-9(10(15)16)8(13-12-7)6-14-4-2-11-3-5-14/h11H,2-6H2,1H3,(H,12,13)(H,15,16). The molecule has 16 heavy (non-hydrogen) atoms. The number of aromatic carboxylic acids is 1. The first kappa shape index (κ1) is 11.1. The van der Waals surface area contributed by atoms with Gasteiger partial charge in [-0.15, -0.1) is 0 Å². The molecule has 6 heteroatoms. The van der Waals surface area contributed by atoms with Gasteiger partial charge in [0.15, 0.2) is 0 Å². The molecule has 1 fully saturated rings. The van der Waals surface area contributed by atoms with Gasteiger partial charge in [0.25, 0.3) is 0 Å². The molecule has 6 nitrogen and oxygen atoms in total. The number of hydrogen-bond acceptors (Lipinski definition) is 4. The van der Waals surface area contributed by atoms with Crippen LogP contribution in [0.15, 0.2) is 0 Å². The van der Waals surface area contributed by atoms with E-state index in [0.717, 1.165) is 26.2 Å². The molecule has 1 aromatic rings. The van der Waals surface area contributed by atoms with E-state index in [9.17, 15) is 4.79 Å². The lowest BCUT2D eigenvalue weighted by Crippen LogP contribution is -2.43. The number of carbonyl (C=O) groups is 1. The zero-order chi connectivity index (χ0) is 11.5. The lowest BCUT2D eigenvalue weighted by atomic mass is 10.2. The van der Waals surface area contributed by atoms with Crippen LogP contribution in [0.3, 0.4) is 0 Å². The molecule has 1 saturated heterocycles. The molecule has 2 rings (SSSR count). The summed E-state index contributed by atoms with van der Waals surface area (Å²) >= 11 is 0. The number of rotatable bonds is 3. The fourth-order valence-electron chi connectivity index (χ4n) is 1.96. The summed E-state index contributed by atoms with van der Waals surface area (Å²) in [6.45, 7) is 6.11. The van der Waals surface area contributed by atoms with Gasteiger partial charge in [-0.25, -0.2) is 4.79 Å². The maximum absolute atomic E-state index is 11.1. The van der Waals surface area contributed by atoms with Gasteiger partial charge in [-0.1, -0.05) is 0 Å². The zero-order valence-electron chi connectivity index (χ0n) is 9.29. The lowest BCUT2D eigenvalue weighted by Gasteiger charge is -2.26. The third kappa shape index (κ3) is 2.23. The largest absolute Gasteiger partial charge is 0.478 e. The van der Waals surface area contributed by atoms with Crippen LogP contribution in [0, 0.1) is 6.92 Å². The highest BCUT2D eigenvalue weighted by Crippen LogP contribution is 2.13. The van der Waals surface area contributed by atoms with Crippen molar-refractivity contribution in [1.29, 1.82) is 0 Å². The van der Waals surface area contributed by atoms with Crippen LogP contribution >= 0.6 is 0 Å². The average molecular weight is 224 g/mol. The number of hydrogen-bond donors (Lipinski definition) is 3. The quantitative estimate of drug-likeness (QED) is 0.663. The summed E-state index contributed by atoms with van der Waals surface area (Å²) in [5, 5.41) is 19.1. The highest BCUT2D eigenvalue weighted by molar-refractivity contribution is 5.90. The van der Waals surface area contributed by atoms with E-state index in [1.165, 1.54) is 0 Å². The van der Waals surface area contributed by atoms with E-state index in [1.807, 2.05) is 0 Å². The number of aromatic amines is 1. The van der Waals surface area contributed by atoms with Gasteiger partial charge >= 0.3 is 5.97 Å². The maximum Gasteiger partial charge on any atom is 0.339 e. The van der Waals surface area contributed by atoms with E-state index in [4.69, 9.17) is 5.11 Å². The fraction of sp³-hybridized carbons (Fsp3) is 0.600. The molecule has 0 radical (unpaired) electrons. The Labute approximate surface area is 93.6 Å². The van der Waals surface area contributed by atoms with Crippen molar-refractivity contribution in [3.63, 3.8) is 0 Å². The number of nitrogens with zero attached hydrogens (tertiary/aromatic N) is 2. The Morgan fingerprint density at radius 3 is 2.81 bits per heavy atom. The smallest absolute Gasteiger partial charge is 0.339 e. The minimum atomic E-state index is -0.906. The minimum Gasteiger partial charge on any atom is -0.478 e. The van der Waals surface area contributed by atoms with Gasteiger partial charge in [-0.05, 0) is 6.92 Å². The molecule has 0 unspecified atom stereocenters. The van der Waals surface area contributed by atoms with E-state index in [0.29, 0.717) is 23.5 Å². The Morgan fingerprint density at radius 2 is 2.19 bits per heavy atom. The van der Waals surface area contributed by atoms with Crippen molar-refractivity contribution in [3.05, 3.63) is 17.0 Å². The fourth-order valence-corrected chi connectivity index (χ4v) is 1.96. The van der Waals surface area contributed by atoms with Gasteiger partial charge < -0.3 is 10.4 Å². The molecule has 0 aliphatic carbocycles. The average Bonchev–Trinajstić information content (AvgIpc) is 2.61. The van der Waals surface area contributed by atoms with Crippen molar-refractivity contribution in [2.45, 2.75) is 13.5 Å². The minimum absolute atomic E-state index is 0.318. The van der Waals surface area contributed by atoms with E-state index >= 15 is 0 Å². The molecule has 0 saturated carbocycles. The molecular formula is C10H16N4O2. The monoisotopic (exact) mass is 224 g/mol. The summed E-state index contributed by atoms with van der Waals surface area (Å²) < 4.78 is 0. The third-order valence-electron chi connectivity index (χ3n) is 2.82. The van der Waals surface area contributed by atoms with Crippen molar-refractivity contribution < 1.29 is 9.90 Å². The number of carboxylic acid groups (broad SMARTS) is 1. The second kappa shape index (κ2) is 4.63. The second-order valence-corrected chi connectivity index (χ2v) is 4.00. The molecule has 3 N–H and O–H groups in total. The van der Waals surface area contributed by atoms with Gasteiger partial charge in [0.1, 0.15) is 5.56 Å². The summed E-state index contributed by atoms with van der Waals surface area (Å²) in [6, 6.07) is 0. The Hall–Kier alpha value is -1.40. The van der Waals surface area contributed by atoms with Crippen LogP contribution in [-0.4, -0.2) is 52.4 Å². The first-order chi connectivity index (χ1) is 7.68. The van der Waals surface area contributed by atoms with Crippen LogP contribution in [0.2, 0.25) is 0 Å². The zero-order valence-corrected chi connectivity index (χ0v) is 9.29. The highest BCUT2D eigenvalue weighted by atomic mass is 16.4. The number of aromatic nitrogens is 2. The SMILES string of the molecule is Cc1[nH]nc(CN2CCNCC2)c1C(=O)O. The molecule has 0 aromatic carbocycles. The third-order valence-corrected chi connectivity index (χ3v) is 2.82. The molecule has 88 valence electrons. The number of nitrogens with one attached hydrogen (secondary N) is 2. The topological polar surface area (TPSA) is 81.2 Å². The van der Waals surface area contributed by atoms with E-state index in [2.05, 4.69) is 20.4 Å². The van der Waals surface area contributed by atoms with Gasteiger partial charge in [-0.3, -0.25) is 10.00 Å². The molecule has 0 spiro atoms. The van der Waals surface area contributed by atoms with E-state index in [1.54, 1.807) is 6.92 Å². The summed E-state index contributed by atoms with van der Waals surface area (Å²) in [5.74, 6) is -0.906. The number of aryl methyl sites for hydroxylation is 1. The Balaban J connectivity index is 2.11. The molecule has 0 amide bonds. The summed E-state index contributed by atoms with van der Waals surface area (Å²) in [5.41, 5.74) is 1.57. The molecule has 2 heterocycles. The van der Waals surface area contributed by atoms with Crippen molar-refractivity contribution in [3.8, 4) is 0 Å². The van der Waals surface area contributed by atoms with Crippen molar-refractivity contribution in [2.75, 3.05) is 26.2 Å². The van der Waals surface area contributed by atoms with Gasteiger partial charge in [0.05, 0.1) is 5.69 Å². The van der Waals surface area contributed by atoms with Crippen LogP contribution in [0.25, 0.3) is 0 Å². The predicted molar refractivity (Wildman–Crippen MR) is 58.4 cm³/mol.